The summed E-state index contributed by atoms with van der Waals surface area (Å²) in [6.45, 7) is 3.84. The van der Waals surface area contributed by atoms with Crippen LogP contribution in [-0.2, 0) is 0 Å². The van der Waals surface area contributed by atoms with E-state index in [1.165, 1.54) is 17.8 Å². The van der Waals surface area contributed by atoms with Gasteiger partial charge in [-0.3, -0.25) is 0 Å². The molecule has 0 aliphatic rings. The lowest BCUT2D eigenvalue weighted by Gasteiger charge is -2.10. The Balaban J connectivity index is 2.37. The highest BCUT2D eigenvalue weighted by Crippen LogP contribution is 2.35. The van der Waals surface area contributed by atoms with Crippen molar-refractivity contribution in [3.8, 4) is 0 Å². The molecule has 1 aromatic heterocycles. The minimum absolute atomic E-state index is 0.0500. The van der Waals surface area contributed by atoms with Crippen LogP contribution in [0, 0.1) is 13.8 Å². The van der Waals surface area contributed by atoms with Crippen molar-refractivity contribution >= 4 is 17.4 Å². The SMILES string of the molecule is Cc1cc(C)nc(Sc2ccc(N)cc2C(F)F)c1. The van der Waals surface area contributed by atoms with Crippen molar-refractivity contribution in [2.45, 2.75) is 30.2 Å². The largest absolute Gasteiger partial charge is 0.399 e. The monoisotopic (exact) mass is 280 g/mol. The molecule has 0 atom stereocenters. The first-order chi connectivity index (χ1) is 8.95. The number of anilines is 1. The van der Waals surface area contributed by atoms with E-state index in [4.69, 9.17) is 5.73 Å². The van der Waals surface area contributed by atoms with E-state index in [0.29, 0.717) is 15.6 Å². The van der Waals surface area contributed by atoms with Gasteiger partial charge in [0.15, 0.2) is 0 Å². The second kappa shape index (κ2) is 5.57. The number of nitrogens with two attached hydrogens (primary N) is 1. The van der Waals surface area contributed by atoms with E-state index in [2.05, 4.69) is 4.98 Å². The van der Waals surface area contributed by atoms with Gasteiger partial charge in [0.2, 0.25) is 0 Å². The summed E-state index contributed by atoms with van der Waals surface area (Å²) in [5.74, 6) is 0. The lowest BCUT2D eigenvalue weighted by atomic mass is 10.2. The van der Waals surface area contributed by atoms with Gasteiger partial charge in [-0.25, -0.2) is 13.8 Å². The molecule has 19 heavy (non-hydrogen) atoms. The van der Waals surface area contributed by atoms with Crippen LogP contribution >= 0.6 is 11.8 Å². The first kappa shape index (κ1) is 13.8. The third kappa shape index (κ3) is 3.44. The molecule has 2 N–H and O–H groups in total. The van der Waals surface area contributed by atoms with Gasteiger partial charge >= 0.3 is 0 Å². The van der Waals surface area contributed by atoms with E-state index in [1.54, 1.807) is 12.1 Å². The maximum absolute atomic E-state index is 13.0. The first-order valence-corrected chi connectivity index (χ1v) is 6.58. The number of benzene rings is 1. The fourth-order valence-electron chi connectivity index (χ4n) is 1.80. The van der Waals surface area contributed by atoms with Crippen LogP contribution in [0.3, 0.4) is 0 Å². The van der Waals surface area contributed by atoms with Gasteiger partial charge in [0.05, 0.1) is 0 Å². The van der Waals surface area contributed by atoms with Crippen molar-refractivity contribution < 1.29 is 8.78 Å². The third-order valence-electron chi connectivity index (χ3n) is 2.56. The summed E-state index contributed by atoms with van der Waals surface area (Å²) in [5, 5.41) is 0.712. The molecule has 1 heterocycles. The van der Waals surface area contributed by atoms with Gasteiger partial charge in [-0.2, -0.15) is 0 Å². The van der Waals surface area contributed by atoms with E-state index in [1.807, 2.05) is 26.0 Å². The minimum atomic E-state index is -2.54. The zero-order valence-electron chi connectivity index (χ0n) is 10.7. The Labute approximate surface area is 115 Å². The lowest BCUT2D eigenvalue weighted by molar-refractivity contribution is 0.148. The first-order valence-electron chi connectivity index (χ1n) is 5.76. The number of rotatable bonds is 3. The van der Waals surface area contributed by atoms with Crippen LogP contribution in [0.1, 0.15) is 23.2 Å². The molecule has 0 amide bonds. The molecule has 2 rings (SSSR count). The maximum Gasteiger partial charge on any atom is 0.265 e. The van der Waals surface area contributed by atoms with E-state index < -0.39 is 6.43 Å². The van der Waals surface area contributed by atoms with Gasteiger partial charge in [0, 0.05) is 21.8 Å². The predicted octanol–water partition coefficient (Wildman–Crippen LogP) is 4.37. The molecule has 0 unspecified atom stereocenters. The molecule has 0 fully saturated rings. The average molecular weight is 280 g/mol. The van der Waals surface area contributed by atoms with Gasteiger partial charge in [-0.05, 0) is 49.7 Å². The number of pyridine rings is 1. The van der Waals surface area contributed by atoms with Crippen LogP contribution in [0.4, 0.5) is 14.5 Å². The summed E-state index contributed by atoms with van der Waals surface area (Å²) in [4.78, 5) is 4.83. The van der Waals surface area contributed by atoms with Crippen molar-refractivity contribution in [2.24, 2.45) is 0 Å². The molecule has 0 aliphatic carbocycles. The van der Waals surface area contributed by atoms with Crippen molar-refractivity contribution in [1.82, 2.24) is 4.98 Å². The molecule has 2 nitrogen and oxygen atoms in total. The molecule has 1 aromatic carbocycles. The number of alkyl halides is 2. The van der Waals surface area contributed by atoms with Gasteiger partial charge in [0.25, 0.3) is 6.43 Å². The number of hydrogen-bond acceptors (Lipinski definition) is 3. The van der Waals surface area contributed by atoms with Crippen LogP contribution in [0.2, 0.25) is 0 Å². The predicted molar refractivity (Wildman–Crippen MR) is 73.6 cm³/mol. The number of halogens is 2. The Morgan fingerprint density at radius 3 is 2.53 bits per heavy atom. The smallest absolute Gasteiger partial charge is 0.265 e. The summed E-state index contributed by atoms with van der Waals surface area (Å²) in [6.07, 6.45) is -2.54. The molecule has 100 valence electrons. The molecule has 5 heteroatoms. The number of nitrogens with zero attached hydrogens (tertiary/aromatic N) is 1. The summed E-state index contributed by atoms with van der Waals surface area (Å²) in [6, 6.07) is 8.37. The second-order valence-corrected chi connectivity index (χ2v) is 5.39. The fourth-order valence-corrected chi connectivity index (χ4v) is 2.86. The summed E-state index contributed by atoms with van der Waals surface area (Å²) >= 11 is 1.23. The molecule has 0 bridgehead atoms. The van der Waals surface area contributed by atoms with Crippen LogP contribution < -0.4 is 5.73 Å². The fraction of sp³-hybridized carbons (Fsp3) is 0.214. The average Bonchev–Trinajstić information content (AvgIpc) is 2.30. The van der Waals surface area contributed by atoms with Crippen molar-refractivity contribution in [3.05, 3.63) is 47.2 Å². The van der Waals surface area contributed by atoms with E-state index in [0.717, 1.165) is 11.3 Å². The van der Waals surface area contributed by atoms with E-state index >= 15 is 0 Å². The van der Waals surface area contributed by atoms with Crippen LogP contribution in [-0.4, -0.2) is 4.98 Å². The highest BCUT2D eigenvalue weighted by molar-refractivity contribution is 7.99. The second-order valence-electron chi connectivity index (χ2n) is 4.32. The molecular formula is C14H14F2N2S. The van der Waals surface area contributed by atoms with Crippen molar-refractivity contribution in [2.75, 3.05) is 5.73 Å². The molecule has 0 saturated heterocycles. The number of aryl methyl sites for hydroxylation is 2. The van der Waals surface area contributed by atoms with Crippen LogP contribution in [0.15, 0.2) is 40.3 Å². The maximum atomic E-state index is 13.0. The van der Waals surface area contributed by atoms with E-state index in [-0.39, 0.29) is 5.56 Å². The van der Waals surface area contributed by atoms with Crippen molar-refractivity contribution in [1.29, 1.82) is 0 Å². The minimum Gasteiger partial charge on any atom is -0.399 e. The normalized spacial score (nSPS) is 11.0. The van der Waals surface area contributed by atoms with Gasteiger partial charge < -0.3 is 5.73 Å². The topological polar surface area (TPSA) is 38.9 Å². The summed E-state index contributed by atoms with van der Waals surface area (Å²) < 4.78 is 26.0. The van der Waals surface area contributed by atoms with Gasteiger partial charge in [0.1, 0.15) is 5.03 Å². The molecule has 0 spiro atoms. The Morgan fingerprint density at radius 2 is 1.89 bits per heavy atom. The Morgan fingerprint density at radius 1 is 1.16 bits per heavy atom. The van der Waals surface area contributed by atoms with Gasteiger partial charge in [-0.1, -0.05) is 11.8 Å². The lowest BCUT2D eigenvalue weighted by Crippen LogP contribution is -1.94. The number of hydrogen-bond donors (Lipinski definition) is 1. The summed E-state index contributed by atoms with van der Waals surface area (Å²) in [5.41, 5.74) is 7.77. The number of aromatic nitrogens is 1. The van der Waals surface area contributed by atoms with Gasteiger partial charge in [-0.15, -0.1) is 0 Å². The Kier molecular flexibility index (Phi) is 4.04. The molecule has 0 aliphatic heterocycles. The zero-order chi connectivity index (χ0) is 14.0. The van der Waals surface area contributed by atoms with E-state index in [9.17, 15) is 8.78 Å². The summed E-state index contributed by atoms with van der Waals surface area (Å²) in [7, 11) is 0. The molecule has 2 aromatic rings. The highest BCUT2D eigenvalue weighted by Gasteiger charge is 2.15. The molecule has 0 saturated carbocycles. The Hall–Kier alpha value is -1.62. The third-order valence-corrected chi connectivity index (χ3v) is 3.57. The Bertz CT molecular complexity index is 580. The zero-order valence-corrected chi connectivity index (χ0v) is 11.5. The quantitative estimate of drug-likeness (QED) is 0.848. The van der Waals surface area contributed by atoms with Crippen LogP contribution in [0.5, 0.6) is 0 Å². The molecular weight excluding hydrogens is 266 g/mol. The number of nitrogen functional groups attached to an aromatic ring is 1. The van der Waals surface area contributed by atoms with Crippen molar-refractivity contribution in [3.63, 3.8) is 0 Å². The highest BCUT2D eigenvalue weighted by atomic mass is 32.2. The standard InChI is InChI=1S/C14H14F2N2S/c1-8-5-9(2)18-13(6-8)19-12-4-3-10(17)7-11(12)14(15)16/h3-7,14H,17H2,1-2H3. The van der Waals surface area contributed by atoms with Crippen LogP contribution in [0.25, 0.3) is 0 Å². The molecule has 0 radical (unpaired) electrons.